The molecule has 0 saturated heterocycles. The van der Waals surface area contributed by atoms with Gasteiger partial charge in [0, 0.05) is 24.2 Å². The Morgan fingerprint density at radius 2 is 2.11 bits per heavy atom. The van der Waals surface area contributed by atoms with Crippen molar-refractivity contribution in [3.05, 3.63) is 58.9 Å². The smallest absolute Gasteiger partial charge is 0.277 e. The molecular formula is C19H17ClFN3O3S. The monoisotopic (exact) mass is 421 g/mol. The molecule has 0 spiro atoms. The van der Waals surface area contributed by atoms with Crippen LogP contribution >= 0.6 is 23.4 Å². The van der Waals surface area contributed by atoms with Gasteiger partial charge in [-0.05, 0) is 35.9 Å². The Bertz CT molecular complexity index is 983. The van der Waals surface area contributed by atoms with Crippen LogP contribution in [0.1, 0.15) is 5.56 Å². The van der Waals surface area contributed by atoms with Crippen LogP contribution in [0.15, 0.2) is 52.1 Å². The van der Waals surface area contributed by atoms with Crippen LogP contribution in [0, 0.1) is 5.82 Å². The van der Waals surface area contributed by atoms with Crippen LogP contribution in [0.3, 0.4) is 0 Å². The van der Waals surface area contributed by atoms with E-state index in [0.29, 0.717) is 22.0 Å². The van der Waals surface area contributed by atoms with Crippen LogP contribution in [-0.4, -0.2) is 40.9 Å². The first-order valence-corrected chi connectivity index (χ1v) is 9.61. The first-order chi connectivity index (χ1) is 13.5. The minimum atomic E-state index is -0.463. The van der Waals surface area contributed by atoms with Gasteiger partial charge in [-0.3, -0.25) is 4.79 Å². The van der Waals surface area contributed by atoms with E-state index >= 15 is 0 Å². The number of aromatic nitrogens is 2. The molecule has 1 amide bonds. The van der Waals surface area contributed by atoms with Gasteiger partial charge in [0.25, 0.3) is 5.22 Å². The van der Waals surface area contributed by atoms with E-state index < -0.39 is 5.82 Å². The molecule has 0 aliphatic carbocycles. The van der Waals surface area contributed by atoms with Gasteiger partial charge >= 0.3 is 0 Å². The maximum absolute atomic E-state index is 13.8. The summed E-state index contributed by atoms with van der Waals surface area (Å²) in [5, 5.41) is 8.76. The highest BCUT2D eigenvalue weighted by molar-refractivity contribution is 7.99. The summed E-state index contributed by atoms with van der Waals surface area (Å²) in [6.45, 7) is 0.276. The minimum absolute atomic E-state index is 0.117. The summed E-state index contributed by atoms with van der Waals surface area (Å²) in [5.41, 5.74) is 1.37. The molecule has 1 heterocycles. The molecule has 1 aromatic heterocycles. The fourth-order valence-corrected chi connectivity index (χ4v) is 3.30. The highest BCUT2D eigenvalue weighted by Gasteiger charge is 2.15. The number of ether oxygens (including phenoxy) is 1. The van der Waals surface area contributed by atoms with Crippen LogP contribution in [-0.2, 0) is 11.3 Å². The quantitative estimate of drug-likeness (QED) is 0.530. The first kappa shape index (κ1) is 20.2. The highest BCUT2D eigenvalue weighted by Crippen LogP contribution is 2.25. The van der Waals surface area contributed by atoms with E-state index in [-0.39, 0.29) is 29.2 Å². The van der Waals surface area contributed by atoms with E-state index in [1.807, 2.05) is 0 Å². The molecule has 0 radical (unpaired) electrons. The molecule has 0 aliphatic heterocycles. The van der Waals surface area contributed by atoms with Crippen LogP contribution in [0.5, 0.6) is 5.75 Å². The second-order valence-electron chi connectivity index (χ2n) is 5.89. The molecule has 6 nitrogen and oxygen atoms in total. The Morgan fingerprint density at radius 1 is 1.29 bits per heavy atom. The lowest BCUT2D eigenvalue weighted by Gasteiger charge is -2.17. The zero-order valence-corrected chi connectivity index (χ0v) is 16.8. The lowest BCUT2D eigenvalue weighted by atomic mass is 10.2. The van der Waals surface area contributed by atoms with Gasteiger partial charge in [-0.25, -0.2) is 4.39 Å². The maximum Gasteiger partial charge on any atom is 0.277 e. The SMILES string of the molecule is COc1ccc(CN(C)C(=O)CSc2nnc(-c3cccc(Cl)c3)o2)cc1F. The molecule has 0 fully saturated rings. The summed E-state index contributed by atoms with van der Waals surface area (Å²) in [5.74, 6) is 0.00447. The molecule has 3 rings (SSSR count). The lowest BCUT2D eigenvalue weighted by Crippen LogP contribution is -2.27. The Labute approximate surface area is 170 Å². The summed E-state index contributed by atoms with van der Waals surface area (Å²) in [4.78, 5) is 13.8. The molecule has 0 saturated carbocycles. The van der Waals surface area contributed by atoms with Gasteiger partial charge in [-0.2, -0.15) is 0 Å². The maximum atomic E-state index is 13.8. The minimum Gasteiger partial charge on any atom is -0.494 e. The number of rotatable bonds is 7. The van der Waals surface area contributed by atoms with Crippen molar-refractivity contribution in [1.29, 1.82) is 0 Å². The summed E-state index contributed by atoms with van der Waals surface area (Å²) in [6.07, 6.45) is 0. The Morgan fingerprint density at radius 3 is 2.82 bits per heavy atom. The third-order valence-electron chi connectivity index (χ3n) is 3.86. The van der Waals surface area contributed by atoms with Crippen molar-refractivity contribution in [3.63, 3.8) is 0 Å². The largest absolute Gasteiger partial charge is 0.494 e. The second kappa shape index (κ2) is 9.07. The number of halogens is 2. The molecule has 2 aromatic carbocycles. The van der Waals surface area contributed by atoms with Crippen molar-refractivity contribution >= 4 is 29.3 Å². The standard InChI is InChI=1S/C19H17ClFN3O3S/c1-24(10-12-6-7-16(26-2)15(21)8-12)17(25)11-28-19-23-22-18(27-19)13-4-3-5-14(20)9-13/h3-9H,10-11H2,1-2H3. The van der Waals surface area contributed by atoms with Crippen molar-refractivity contribution in [3.8, 4) is 17.2 Å². The van der Waals surface area contributed by atoms with Crippen molar-refractivity contribution in [2.75, 3.05) is 19.9 Å². The molecule has 3 aromatic rings. The molecule has 0 aliphatic rings. The number of hydrogen-bond acceptors (Lipinski definition) is 6. The predicted molar refractivity (Wildman–Crippen MR) is 105 cm³/mol. The third-order valence-corrected chi connectivity index (χ3v) is 4.90. The fraction of sp³-hybridized carbons (Fsp3) is 0.211. The van der Waals surface area contributed by atoms with E-state index in [1.54, 1.807) is 37.4 Å². The van der Waals surface area contributed by atoms with Crippen LogP contribution in [0.4, 0.5) is 4.39 Å². The van der Waals surface area contributed by atoms with Crippen molar-refractivity contribution in [2.24, 2.45) is 0 Å². The third kappa shape index (κ3) is 5.02. The topological polar surface area (TPSA) is 68.5 Å². The van der Waals surface area contributed by atoms with Crippen LogP contribution < -0.4 is 4.74 Å². The van der Waals surface area contributed by atoms with Crippen molar-refractivity contribution in [1.82, 2.24) is 15.1 Å². The Balaban J connectivity index is 1.56. The van der Waals surface area contributed by atoms with E-state index in [9.17, 15) is 9.18 Å². The predicted octanol–water partition coefficient (Wildman–Crippen LogP) is 4.29. The molecule has 0 atom stereocenters. The second-order valence-corrected chi connectivity index (χ2v) is 7.25. The molecule has 0 bridgehead atoms. The number of hydrogen-bond donors (Lipinski definition) is 0. The molecule has 28 heavy (non-hydrogen) atoms. The van der Waals surface area contributed by atoms with Crippen molar-refractivity contribution in [2.45, 2.75) is 11.8 Å². The summed E-state index contributed by atoms with van der Waals surface area (Å²) in [6, 6.07) is 11.7. The van der Waals surface area contributed by atoms with Crippen molar-refractivity contribution < 1.29 is 18.3 Å². The van der Waals surface area contributed by atoms with Gasteiger partial charge in [0.2, 0.25) is 11.8 Å². The van der Waals surface area contributed by atoms with Crippen LogP contribution in [0.2, 0.25) is 5.02 Å². The molecule has 9 heteroatoms. The molecule has 0 unspecified atom stereocenters. The van der Waals surface area contributed by atoms with E-state index in [1.165, 1.54) is 24.1 Å². The number of carbonyl (C=O) groups is 1. The number of methoxy groups -OCH3 is 1. The summed E-state index contributed by atoms with van der Waals surface area (Å²) >= 11 is 7.09. The average Bonchev–Trinajstić information content (AvgIpc) is 3.15. The number of nitrogens with zero attached hydrogens (tertiary/aromatic N) is 3. The van der Waals surface area contributed by atoms with Gasteiger partial charge < -0.3 is 14.1 Å². The van der Waals surface area contributed by atoms with Gasteiger partial charge in [-0.1, -0.05) is 35.5 Å². The summed E-state index contributed by atoms with van der Waals surface area (Å²) in [7, 11) is 3.05. The number of carbonyl (C=O) groups excluding carboxylic acids is 1. The van der Waals surface area contributed by atoms with Crippen LogP contribution in [0.25, 0.3) is 11.5 Å². The van der Waals surface area contributed by atoms with E-state index in [4.69, 9.17) is 20.8 Å². The Kier molecular flexibility index (Phi) is 6.53. The summed E-state index contributed by atoms with van der Waals surface area (Å²) < 4.78 is 24.2. The van der Waals surface area contributed by atoms with E-state index in [0.717, 1.165) is 11.8 Å². The molecular weight excluding hydrogens is 405 g/mol. The highest BCUT2D eigenvalue weighted by atomic mass is 35.5. The zero-order valence-electron chi connectivity index (χ0n) is 15.2. The molecule has 0 N–H and O–H groups in total. The zero-order chi connectivity index (χ0) is 20.1. The Hall–Kier alpha value is -2.58. The average molecular weight is 422 g/mol. The van der Waals surface area contributed by atoms with E-state index in [2.05, 4.69) is 10.2 Å². The molecule has 146 valence electrons. The first-order valence-electron chi connectivity index (χ1n) is 8.25. The van der Waals surface area contributed by atoms with Gasteiger partial charge in [0.1, 0.15) is 0 Å². The number of benzene rings is 2. The normalized spacial score (nSPS) is 10.7. The fourth-order valence-electron chi connectivity index (χ4n) is 2.41. The number of amides is 1. The van der Waals surface area contributed by atoms with Gasteiger partial charge in [-0.15, -0.1) is 10.2 Å². The number of thioether (sulfide) groups is 1. The lowest BCUT2D eigenvalue weighted by molar-refractivity contribution is -0.127. The van der Waals surface area contributed by atoms with Gasteiger partial charge in [0.05, 0.1) is 12.9 Å². The van der Waals surface area contributed by atoms with Gasteiger partial charge in [0.15, 0.2) is 11.6 Å².